The van der Waals surface area contributed by atoms with Crippen molar-refractivity contribution in [2.75, 3.05) is 29.8 Å². The van der Waals surface area contributed by atoms with E-state index in [1.807, 2.05) is 17.6 Å². The van der Waals surface area contributed by atoms with Crippen LogP contribution in [0.4, 0.5) is 11.6 Å². The van der Waals surface area contributed by atoms with E-state index < -0.39 is 0 Å². The van der Waals surface area contributed by atoms with Gasteiger partial charge >= 0.3 is 0 Å². The molecule has 0 radical (unpaired) electrons. The van der Waals surface area contributed by atoms with Crippen LogP contribution in [-0.2, 0) is 6.54 Å². The number of halogens is 1. The van der Waals surface area contributed by atoms with E-state index in [0.717, 1.165) is 42.6 Å². The predicted octanol–water partition coefficient (Wildman–Crippen LogP) is 5.02. The molecule has 1 aliphatic heterocycles. The molecule has 0 bridgehead atoms. The van der Waals surface area contributed by atoms with Crippen molar-refractivity contribution in [2.45, 2.75) is 23.9 Å². The molecule has 28 heavy (non-hydrogen) atoms. The van der Waals surface area contributed by atoms with Crippen LogP contribution < -0.4 is 9.62 Å². The van der Waals surface area contributed by atoms with Gasteiger partial charge in [0.1, 0.15) is 11.6 Å². The third-order valence-electron chi connectivity index (χ3n) is 4.88. The van der Waals surface area contributed by atoms with Gasteiger partial charge in [-0.05, 0) is 30.0 Å². The van der Waals surface area contributed by atoms with Crippen LogP contribution in [0, 0.1) is 0 Å². The Balaban J connectivity index is 1.35. The topological polar surface area (TPSA) is 44.3 Å². The van der Waals surface area contributed by atoms with Gasteiger partial charge < -0.3 is 9.62 Å². The molecular formula is C20H22ClN5S2. The number of rotatable bonds is 7. The fourth-order valence-electron chi connectivity index (χ4n) is 3.39. The highest BCUT2D eigenvalue weighted by molar-refractivity contribution is 8.00. The maximum absolute atomic E-state index is 6.56. The average Bonchev–Trinajstić information content (AvgIpc) is 3.39. The van der Waals surface area contributed by atoms with Crippen molar-refractivity contribution in [2.24, 2.45) is 0 Å². The van der Waals surface area contributed by atoms with Crippen LogP contribution >= 0.6 is 34.9 Å². The Morgan fingerprint density at radius 3 is 2.93 bits per heavy atom. The maximum Gasteiger partial charge on any atom is 0.147 e. The molecule has 0 aliphatic carbocycles. The molecule has 1 saturated heterocycles. The van der Waals surface area contributed by atoms with Crippen molar-refractivity contribution in [3.8, 4) is 0 Å². The van der Waals surface area contributed by atoms with Gasteiger partial charge in [0, 0.05) is 49.2 Å². The number of nitrogens with zero attached hydrogens (tertiary/aromatic N) is 4. The Bertz CT molecular complexity index is 891. The predicted molar refractivity (Wildman–Crippen MR) is 119 cm³/mol. The number of hydrogen-bond donors (Lipinski definition) is 1. The van der Waals surface area contributed by atoms with Crippen LogP contribution in [0.25, 0.3) is 0 Å². The van der Waals surface area contributed by atoms with Gasteiger partial charge in [0.25, 0.3) is 0 Å². The lowest BCUT2D eigenvalue weighted by Crippen LogP contribution is -2.35. The monoisotopic (exact) mass is 431 g/mol. The summed E-state index contributed by atoms with van der Waals surface area (Å²) in [5.41, 5.74) is 3.16. The van der Waals surface area contributed by atoms with E-state index in [1.54, 1.807) is 16.8 Å². The number of benzene rings is 1. The first-order chi connectivity index (χ1) is 13.7. The molecule has 1 unspecified atom stereocenters. The maximum atomic E-state index is 6.56. The lowest BCUT2D eigenvalue weighted by Gasteiger charge is -2.27. The minimum absolute atomic E-state index is 0.417. The van der Waals surface area contributed by atoms with Crippen LogP contribution in [0.2, 0.25) is 5.02 Å². The molecule has 8 heteroatoms. The largest absolute Gasteiger partial charge is 0.354 e. The highest BCUT2D eigenvalue weighted by atomic mass is 35.5. The Labute approximate surface area is 178 Å². The van der Waals surface area contributed by atoms with Gasteiger partial charge in [0.05, 0.1) is 10.5 Å². The van der Waals surface area contributed by atoms with Gasteiger partial charge in [-0.2, -0.15) is 0 Å². The van der Waals surface area contributed by atoms with Gasteiger partial charge in [-0.3, -0.25) is 4.90 Å². The highest BCUT2D eigenvalue weighted by Crippen LogP contribution is 2.31. The summed E-state index contributed by atoms with van der Waals surface area (Å²) in [6.45, 7) is 3.10. The normalized spacial score (nSPS) is 17.0. The van der Waals surface area contributed by atoms with Crippen molar-refractivity contribution in [1.29, 1.82) is 0 Å². The molecule has 1 atom stereocenters. The Morgan fingerprint density at radius 1 is 1.32 bits per heavy atom. The molecule has 1 N–H and O–H groups in total. The summed E-state index contributed by atoms with van der Waals surface area (Å²) in [6.07, 6.45) is 2.97. The lowest BCUT2D eigenvalue weighted by atomic mass is 10.2. The van der Waals surface area contributed by atoms with Crippen LogP contribution in [0.3, 0.4) is 0 Å². The summed E-state index contributed by atoms with van der Waals surface area (Å²) in [5, 5.41) is 2.64. The van der Waals surface area contributed by atoms with E-state index in [9.17, 15) is 0 Å². The van der Waals surface area contributed by atoms with E-state index in [-0.39, 0.29) is 0 Å². The van der Waals surface area contributed by atoms with Crippen molar-refractivity contribution in [3.63, 3.8) is 0 Å². The van der Waals surface area contributed by atoms with Crippen molar-refractivity contribution in [1.82, 2.24) is 14.9 Å². The number of pyridine rings is 1. The fourth-order valence-corrected chi connectivity index (χ4v) is 4.93. The number of hydrogen-bond acceptors (Lipinski definition) is 7. The second kappa shape index (κ2) is 9.13. The smallest absolute Gasteiger partial charge is 0.147 e. The molecule has 2 aromatic heterocycles. The first kappa shape index (κ1) is 19.5. The van der Waals surface area contributed by atoms with Gasteiger partial charge in [0.2, 0.25) is 0 Å². The van der Waals surface area contributed by atoms with Crippen molar-refractivity contribution in [3.05, 3.63) is 64.1 Å². The number of anilines is 2. The first-order valence-electron chi connectivity index (χ1n) is 9.15. The standard InChI is InChI=1S/C20H22ClN5S2/c1-25(16-7-8-26(12-16)11-15-5-3-2-4-6-15)20-18(21)9-17(10-22-20)28-24-19-13-27-14-23-19/h2-6,9-10,13-14,16,24H,7-8,11-12H2,1H3. The summed E-state index contributed by atoms with van der Waals surface area (Å²) in [5.74, 6) is 1.68. The summed E-state index contributed by atoms with van der Waals surface area (Å²) in [7, 11) is 2.09. The van der Waals surface area contributed by atoms with Gasteiger partial charge in [-0.25, -0.2) is 9.97 Å². The zero-order chi connectivity index (χ0) is 19.3. The number of aromatic nitrogens is 2. The average molecular weight is 432 g/mol. The molecular weight excluding hydrogens is 410 g/mol. The number of nitrogens with one attached hydrogen (secondary N) is 1. The molecule has 0 saturated carbocycles. The summed E-state index contributed by atoms with van der Waals surface area (Å²) >= 11 is 9.58. The molecule has 1 aliphatic rings. The van der Waals surface area contributed by atoms with Gasteiger partial charge in [-0.1, -0.05) is 41.9 Å². The lowest BCUT2D eigenvalue weighted by molar-refractivity contribution is 0.326. The Morgan fingerprint density at radius 2 is 2.18 bits per heavy atom. The molecule has 3 aromatic rings. The molecule has 1 aromatic carbocycles. The van der Waals surface area contributed by atoms with Gasteiger partial charge in [0.15, 0.2) is 0 Å². The van der Waals surface area contributed by atoms with E-state index >= 15 is 0 Å². The highest BCUT2D eigenvalue weighted by Gasteiger charge is 2.27. The Hall–Kier alpha value is -1.80. The molecule has 0 amide bonds. The van der Waals surface area contributed by atoms with Gasteiger partial charge in [-0.15, -0.1) is 11.3 Å². The second-order valence-corrected chi connectivity index (χ2v) is 8.83. The van der Waals surface area contributed by atoms with Crippen LogP contribution in [-0.4, -0.2) is 41.0 Å². The number of likely N-dealkylation sites (tertiary alicyclic amines) is 1. The van der Waals surface area contributed by atoms with Crippen molar-refractivity contribution < 1.29 is 0 Å². The first-order valence-corrected chi connectivity index (χ1v) is 11.3. The summed E-state index contributed by atoms with van der Waals surface area (Å²) in [4.78, 5) is 14.5. The van der Waals surface area contributed by atoms with Crippen LogP contribution in [0.1, 0.15) is 12.0 Å². The third-order valence-corrected chi connectivity index (χ3v) is 6.52. The second-order valence-electron chi connectivity index (χ2n) is 6.83. The SMILES string of the molecule is CN(c1ncc(SNc2cscn2)cc1Cl)C1CCN(Cc2ccccc2)C1. The summed E-state index contributed by atoms with van der Waals surface area (Å²) < 4.78 is 3.20. The van der Waals surface area contributed by atoms with E-state index in [0.29, 0.717) is 11.1 Å². The molecule has 5 nitrogen and oxygen atoms in total. The minimum atomic E-state index is 0.417. The third kappa shape index (κ3) is 4.78. The summed E-state index contributed by atoms with van der Waals surface area (Å²) in [6, 6.07) is 13.0. The molecule has 0 spiro atoms. The zero-order valence-electron chi connectivity index (χ0n) is 15.6. The Kier molecular flexibility index (Phi) is 6.36. The fraction of sp³-hybridized carbons (Fsp3) is 0.300. The minimum Gasteiger partial charge on any atom is -0.354 e. The zero-order valence-corrected chi connectivity index (χ0v) is 18.0. The molecule has 3 heterocycles. The molecule has 1 fully saturated rings. The molecule has 4 rings (SSSR count). The quantitative estimate of drug-likeness (QED) is 0.530. The van der Waals surface area contributed by atoms with Crippen LogP contribution in [0.5, 0.6) is 0 Å². The molecule has 146 valence electrons. The van der Waals surface area contributed by atoms with E-state index in [1.165, 1.54) is 17.5 Å². The number of thiazole rings is 1. The van der Waals surface area contributed by atoms with Crippen molar-refractivity contribution >= 4 is 46.5 Å². The van der Waals surface area contributed by atoms with E-state index in [4.69, 9.17) is 11.6 Å². The van der Waals surface area contributed by atoms with E-state index in [2.05, 4.69) is 61.9 Å². The number of likely N-dealkylation sites (N-methyl/N-ethyl adjacent to an activating group) is 1. The van der Waals surface area contributed by atoms with Crippen LogP contribution in [0.15, 0.2) is 58.4 Å².